The number of aromatic nitrogens is 3. The van der Waals surface area contributed by atoms with Crippen LogP contribution >= 0.6 is 11.3 Å². The predicted molar refractivity (Wildman–Crippen MR) is 71.3 cm³/mol. The average molecular weight is 266 g/mol. The molecule has 0 amide bonds. The Balaban J connectivity index is 1.89. The van der Waals surface area contributed by atoms with Crippen LogP contribution < -0.4 is 5.32 Å². The monoisotopic (exact) mass is 266 g/mol. The first kappa shape index (κ1) is 13.2. The van der Waals surface area contributed by atoms with Crippen LogP contribution in [0.5, 0.6) is 0 Å². The first-order valence-electron chi connectivity index (χ1n) is 6.10. The van der Waals surface area contributed by atoms with E-state index in [0.717, 1.165) is 12.1 Å². The number of thiophene rings is 1. The Hall–Kier alpha value is -1.24. The molecule has 2 N–H and O–H groups in total. The Kier molecular flexibility index (Phi) is 4.86. The molecule has 0 spiro atoms. The van der Waals surface area contributed by atoms with Gasteiger partial charge in [0.05, 0.1) is 18.8 Å². The fraction of sp³-hybridized carbons (Fsp3) is 0.500. The lowest BCUT2D eigenvalue weighted by Crippen LogP contribution is -2.19. The summed E-state index contributed by atoms with van der Waals surface area (Å²) in [6, 6.07) is 4.59. The van der Waals surface area contributed by atoms with Crippen molar-refractivity contribution in [2.45, 2.75) is 32.5 Å². The SMILES string of the molecule is CCC(NCc1cn(CCO)nn1)c1cccs1. The van der Waals surface area contributed by atoms with Gasteiger partial charge in [-0.2, -0.15) is 0 Å². The molecule has 2 aromatic rings. The van der Waals surface area contributed by atoms with Gasteiger partial charge in [0.25, 0.3) is 0 Å². The van der Waals surface area contributed by atoms with Crippen LogP contribution in [0, 0.1) is 0 Å². The number of nitrogens with zero attached hydrogens (tertiary/aromatic N) is 3. The maximum absolute atomic E-state index is 8.81. The van der Waals surface area contributed by atoms with E-state index < -0.39 is 0 Å². The second-order valence-electron chi connectivity index (χ2n) is 4.05. The van der Waals surface area contributed by atoms with Crippen molar-refractivity contribution in [3.05, 3.63) is 34.3 Å². The molecule has 0 radical (unpaired) electrons. The molecule has 2 aromatic heterocycles. The maximum atomic E-state index is 8.81. The van der Waals surface area contributed by atoms with E-state index in [1.165, 1.54) is 4.88 Å². The van der Waals surface area contributed by atoms with Gasteiger partial charge < -0.3 is 10.4 Å². The van der Waals surface area contributed by atoms with E-state index >= 15 is 0 Å². The van der Waals surface area contributed by atoms with Crippen molar-refractivity contribution in [1.82, 2.24) is 20.3 Å². The molecular formula is C12H18N4OS. The lowest BCUT2D eigenvalue weighted by atomic mass is 10.2. The number of rotatable bonds is 7. The van der Waals surface area contributed by atoms with Crippen LogP contribution in [0.15, 0.2) is 23.7 Å². The minimum Gasteiger partial charge on any atom is -0.394 e. The summed E-state index contributed by atoms with van der Waals surface area (Å²) in [7, 11) is 0. The third-order valence-corrected chi connectivity index (χ3v) is 3.73. The molecule has 0 saturated carbocycles. The van der Waals surface area contributed by atoms with Crippen molar-refractivity contribution in [1.29, 1.82) is 0 Å². The highest BCUT2D eigenvalue weighted by Gasteiger charge is 2.10. The quantitative estimate of drug-likeness (QED) is 0.798. The van der Waals surface area contributed by atoms with Gasteiger partial charge in [-0.1, -0.05) is 18.2 Å². The third kappa shape index (κ3) is 3.38. The average Bonchev–Trinajstić information content (AvgIpc) is 3.02. The zero-order valence-corrected chi connectivity index (χ0v) is 11.2. The van der Waals surface area contributed by atoms with Crippen molar-refractivity contribution in [2.24, 2.45) is 0 Å². The summed E-state index contributed by atoms with van der Waals surface area (Å²) in [5.74, 6) is 0. The maximum Gasteiger partial charge on any atom is 0.0965 e. The molecule has 1 unspecified atom stereocenters. The molecule has 2 rings (SSSR count). The highest BCUT2D eigenvalue weighted by molar-refractivity contribution is 7.10. The van der Waals surface area contributed by atoms with Gasteiger partial charge in [0.1, 0.15) is 0 Å². The Morgan fingerprint density at radius 1 is 1.56 bits per heavy atom. The summed E-state index contributed by atoms with van der Waals surface area (Å²) >= 11 is 1.77. The Morgan fingerprint density at radius 2 is 2.44 bits per heavy atom. The molecule has 0 aromatic carbocycles. The van der Waals surface area contributed by atoms with E-state index in [9.17, 15) is 0 Å². The van der Waals surface area contributed by atoms with Crippen LogP contribution in [0.3, 0.4) is 0 Å². The highest BCUT2D eigenvalue weighted by Crippen LogP contribution is 2.21. The molecule has 0 aliphatic carbocycles. The van der Waals surface area contributed by atoms with Gasteiger partial charge in [-0.3, -0.25) is 0 Å². The van der Waals surface area contributed by atoms with E-state index in [0.29, 0.717) is 19.1 Å². The van der Waals surface area contributed by atoms with Crippen molar-refractivity contribution in [3.8, 4) is 0 Å². The summed E-state index contributed by atoms with van der Waals surface area (Å²) in [6.07, 6.45) is 2.91. The lowest BCUT2D eigenvalue weighted by Gasteiger charge is -2.13. The Morgan fingerprint density at radius 3 is 3.11 bits per heavy atom. The summed E-state index contributed by atoms with van der Waals surface area (Å²) in [5.41, 5.74) is 0.901. The van der Waals surface area contributed by atoms with Crippen molar-refractivity contribution in [2.75, 3.05) is 6.61 Å². The van der Waals surface area contributed by atoms with Crippen LogP contribution in [-0.2, 0) is 13.1 Å². The molecular weight excluding hydrogens is 248 g/mol. The van der Waals surface area contributed by atoms with E-state index in [4.69, 9.17) is 5.11 Å². The van der Waals surface area contributed by atoms with Crippen LogP contribution in [0.1, 0.15) is 30.0 Å². The summed E-state index contributed by atoms with van der Waals surface area (Å²) in [6.45, 7) is 3.44. The normalized spacial score (nSPS) is 12.8. The standard InChI is InChI=1S/C12H18N4OS/c1-2-11(12-4-3-7-18-12)13-8-10-9-16(5-6-17)15-14-10/h3-4,7,9,11,13,17H,2,5-6,8H2,1H3. The Bertz CT molecular complexity index is 454. The van der Waals surface area contributed by atoms with E-state index in [2.05, 4.69) is 40.1 Å². The van der Waals surface area contributed by atoms with Gasteiger partial charge in [0.2, 0.25) is 0 Å². The molecule has 0 saturated heterocycles. The highest BCUT2D eigenvalue weighted by atomic mass is 32.1. The van der Waals surface area contributed by atoms with Gasteiger partial charge in [-0.15, -0.1) is 16.4 Å². The van der Waals surface area contributed by atoms with E-state index in [-0.39, 0.29) is 6.61 Å². The van der Waals surface area contributed by atoms with Gasteiger partial charge in [-0.25, -0.2) is 4.68 Å². The molecule has 1 atom stereocenters. The molecule has 0 fully saturated rings. The topological polar surface area (TPSA) is 63.0 Å². The van der Waals surface area contributed by atoms with Crippen LogP contribution in [0.2, 0.25) is 0 Å². The number of aliphatic hydroxyl groups excluding tert-OH is 1. The second kappa shape index (κ2) is 6.63. The summed E-state index contributed by atoms with van der Waals surface area (Å²) < 4.78 is 1.66. The molecule has 2 heterocycles. The number of aliphatic hydroxyl groups is 1. The molecule has 5 nitrogen and oxygen atoms in total. The predicted octanol–water partition coefficient (Wildman–Crippen LogP) is 1.57. The third-order valence-electron chi connectivity index (χ3n) is 2.74. The Labute approximate surface area is 110 Å². The first-order chi connectivity index (χ1) is 8.83. The van der Waals surface area contributed by atoms with Crippen LogP contribution in [-0.4, -0.2) is 26.7 Å². The van der Waals surface area contributed by atoms with Crippen LogP contribution in [0.4, 0.5) is 0 Å². The molecule has 0 bridgehead atoms. The zero-order valence-electron chi connectivity index (χ0n) is 10.4. The summed E-state index contributed by atoms with van der Waals surface area (Å²) in [4.78, 5) is 1.35. The molecule has 0 aliphatic rings. The fourth-order valence-electron chi connectivity index (χ4n) is 1.79. The van der Waals surface area contributed by atoms with Gasteiger partial charge in [-0.05, 0) is 17.9 Å². The van der Waals surface area contributed by atoms with Crippen molar-refractivity contribution < 1.29 is 5.11 Å². The fourth-order valence-corrected chi connectivity index (χ4v) is 2.68. The molecule has 98 valence electrons. The summed E-state index contributed by atoms with van der Waals surface area (Å²) in [5, 5.41) is 22.4. The molecule has 6 heteroatoms. The number of nitrogens with one attached hydrogen (secondary N) is 1. The number of hydrogen-bond acceptors (Lipinski definition) is 5. The minimum absolute atomic E-state index is 0.0863. The van der Waals surface area contributed by atoms with Gasteiger partial charge in [0, 0.05) is 23.7 Å². The second-order valence-corrected chi connectivity index (χ2v) is 5.03. The zero-order chi connectivity index (χ0) is 12.8. The van der Waals surface area contributed by atoms with E-state index in [1.54, 1.807) is 16.0 Å². The molecule has 18 heavy (non-hydrogen) atoms. The van der Waals surface area contributed by atoms with Gasteiger partial charge in [0.15, 0.2) is 0 Å². The van der Waals surface area contributed by atoms with E-state index in [1.807, 2.05) is 6.20 Å². The first-order valence-corrected chi connectivity index (χ1v) is 6.98. The lowest BCUT2D eigenvalue weighted by molar-refractivity contribution is 0.268. The van der Waals surface area contributed by atoms with Crippen molar-refractivity contribution in [3.63, 3.8) is 0 Å². The minimum atomic E-state index is 0.0863. The van der Waals surface area contributed by atoms with Crippen LogP contribution in [0.25, 0.3) is 0 Å². The van der Waals surface area contributed by atoms with Crippen molar-refractivity contribution >= 4 is 11.3 Å². The molecule has 0 aliphatic heterocycles. The largest absolute Gasteiger partial charge is 0.394 e. The smallest absolute Gasteiger partial charge is 0.0965 e. The van der Waals surface area contributed by atoms with Gasteiger partial charge >= 0.3 is 0 Å². The number of hydrogen-bond donors (Lipinski definition) is 2.